The minimum absolute atomic E-state index is 0.148. The lowest BCUT2D eigenvalue weighted by Gasteiger charge is -2.11. The number of carbonyl (C=O) groups excluding carboxylic acids is 1. The SMILES string of the molecule is O=C1c2ccccc2CCc2ccc(OS(=O)(=O)C(F)(F)F)cc21. The van der Waals surface area contributed by atoms with Gasteiger partial charge in [-0.15, -0.1) is 0 Å². The molecule has 0 radical (unpaired) electrons. The number of fused-ring (bicyclic) bond motifs is 2. The summed E-state index contributed by atoms with van der Waals surface area (Å²) in [5, 5.41) is 0. The van der Waals surface area contributed by atoms with Crippen molar-refractivity contribution in [3.8, 4) is 5.75 Å². The molecule has 4 nitrogen and oxygen atoms in total. The molecule has 0 fully saturated rings. The standard InChI is InChI=1S/C16H11F3O4S/c17-16(18,19)24(21,22)23-12-8-7-11-6-5-10-3-1-2-4-13(10)15(20)14(11)9-12/h1-4,7-9H,5-6H2. The molecule has 0 atom stereocenters. The first-order valence-corrected chi connectivity index (χ1v) is 8.36. The van der Waals surface area contributed by atoms with E-state index in [1.54, 1.807) is 18.2 Å². The Morgan fingerprint density at radius 3 is 2.21 bits per heavy atom. The van der Waals surface area contributed by atoms with Gasteiger partial charge in [-0.3, -0.25) is 4.79 Å². The van der Waals surface area contributed by atoms with Gasteiger partial charge in [0.05, 0.1) is 0 Å². The van der Waals surface area contributed by atoms with E-state index in [-0.39, 0.29) is 11.3 Å². The van der Waals surface area contributed by atoms with E-state index in [9.17, 15) is 26.4 Å². The predicted octanol–water partition coefficient (Wildman–Crippen LogP) is 3.24. The van der Waals surface area contributed by atoms with E-state index in [1.165, 1.54) is 6.07 Å². The van der Waals surface area contributed by atoms with Crippen molar-refractivity contribution in [3.63, 3.8) is 0 Å². The topological polar surface area (TPSA) is 60.4 Å². The van der Waals surface area contributed by atoms with Crippen LogP contribution < -0.4 is 4.18 Å². The largest absolute Gasteiger partial charge is 0.534 e. The van der Waals surface area contributed by atoms with Gasteiger partial charge >= 0.3 is 15.6 Å². The molecule has 0 spiro atoms. The highest BCUT2D eigenvalue weighted by Crippen LogP contribution is 2.31. The summed E-state index contributed by atoms with van der Waals surface area (Å²) in [5.74, 6) is -0.910. The van der Waals surface area contributed by atoms with E-state index in [4.69, 9.17) is 0 Å². The number of alkyl halides is 3. The van der Waals surface area contributed by atoms with Crippen LogP contribution in [0.5, 0.6) is 5.75 Å². The minimum atomic E-state index is -5.78. The molecule has 126 valence electrons. The molecule has 2 aromatic rings. The van der Waals surface area contributed by atoms with Gasteiger partial charge in [0.25, 0.3) is 0 Å². The monoisotopic (exact) mass is 356 g/mol. The van der Waals surface area contributed by atoms with Crippen LogP contribution in [0.2, 0.25) is 0 Å². The first-order chi connectivity index (χ1) is 11.2. The molecule has 0 N–H and O–H groups in total. The lowest BCUT2D eigenvalue weighted by atomic mass is 9.99. The van der Waals surface area contributed by atoms with Crippen molar-refractivity contribution in [2.24, 2.45) is 0 Å². The Hall–Kier alpha value is -2.35. The molecular weight excluding hydrogens is 345 g/mol. The van der Waals surface area contributed by atoms with Gasteiger partial charge in [-0.2, -0.15) is 21.6 Å². The van der Waals surface area contributed by atoms with Gasteiger partial charge in [0.15, 0.2) is 5.78 Å². The Bertz CT molecular complexity index is 917. The molecule has 1 aliphatic rings. The quantitative estimate of drug-likeness (QED) is 0.612. The smallest absolute Gasteiger partial charge is 0.376 e. The molecule has 0 aliphatic heterocycles. The zero-order valence-electron chi connectivity index (χ0n) is 12.1. The summed E-state index contributed by atoms with van der Waals surface area (Å²) in [4.78, 5) is 12.6. The maximum absolute atomic E-state index is 12.6. The second-order valence-corrected chi connectivity index (χ2v) is 6.83. The molecule has 0 aromatic heterocycles. The normalized spacial score (nSPS) is 14.5. The first kappa shape index (κ1) is 16.5. The molecule has 0 unspecified atom stereocenters. The van der Waals surface area contributed by atoms with Crippen LogP contribution >= 0.6 is 0 Å². The predicted molar refractivity (Wildman–Crippen MR) is 79.3 cm³/mol. The molecule has 24 heavy (non-hydrogen) atoms. The fourth-order valence-corrected chi connectivity index (χ4v) is 3.04. The molecular formula is C16H11F3O4S. The van der Waals surface area contributed by atoms with Crippen LogP contribution in [0.15, 0.2) is 42.5 Å². The number of ketones is 1. The second-order valence-electron chi connectivity index (χ2n) is 5.29. The van der Waals surface area contributed by atoms with Crippen molar-refractivity contribution in [2.75, 3.05) is 0 Å². The van der Waals surface area contributed by atoms with Crippen LogP contribution in [0.1, 0.15) is 27.0 Å². The molecule has 0 bridgehead atoms. The van der Waals surface area contributed by atoms with Crippen LogP contribution in [-0.2, 0) is 23.0 Å². The van der Waals surface area contributed by atoms with Crippen LogP contribution in [-0.4, -0.2) is 19.7 Å². The van der Waals surface area contributed by atoms with Crippen molar-refractivity contribution in [2.45, 2.75) is 18.3 Å². The van der Waals surface area contributed by atoms with Gasteiger partial charge < -0.3 is 4.18 Å². The first-order valence-electron chi connectivity index (χ1n) is 6.95. The van der Waals surface area contributed by atoms with Crippen molar-refractivity contribution in [1.82, 2.24) is 0 Å². The summed E-state index contributed by atoms with van der Waals surface area (Å²) in [6.45, 7) is 0. The molecule has 1 aliphatic carbocycles. The number of benzene rings is 2. The van der Waals surface area contributed by atoms with E-state index in [0.29, 0.717) is 24.0 Å². The van der Waals surface area contributed by atoms with Crippen molar-refractivity contribution in [3.05, 3.63) is 64.7 Å². The van der Waals surface area contributed by atoms with Gasteiger partial charge in [-0.05, 0) is 36.1 Å². The third-order valence-corrected chi connectivity index (χ3v) is 4.72. The molecule has 2 aromatic carbocycles. The summed E-state index contributed by atoms with van der Waals surface area (Å²) >= 11 is 0. The van der Waals surface area contributed by atoms with Crippen LogP contribution in [0, 0.1) is 0 Å². The Labute approximate surface area is 136 Å². The molecule has 8 heteroatoms. The van der Waals surface area contributed by atoms with E-state index in [1.807, 2.05) is 6.07 Å². The number of carbonyl (C=O) groups is 1. The average Bonchev–Trinajstić information content (AvgIpc) is 2.64. The van der Waals surface area contributed by atoms with Crippen molar-refractivity contribution in [1.29, 1.82) is 0 Å². The number of aryl methyl sites for hydroxylation is 2. The average molecular weight is 356 g/mol. The van der Waals surface area contributed by atoms with Crippen LogP contribution in [0.25, 0.3) is 0 Å². The molecule has 0 heterocycles. The number of rotatable bonds is 2. The summed E-state index contributed by atoms with van der Waals surface area (Å²) in [6, 6.07) is 10.5. The van der Waals surface area contributed by atoms with Crippen LogP contribution in [0.3, 0.4) is 0 Å². The number of hydrogen-bond acceptors (Lipinski definition) is 4. The van der Waals surface area contributed by atoms with E-state index >= 15 is 0 Å². The molecule has 0 amide bonds. The summed E-state index contributed by atoms with van der Waals surface area (Å²) in [6.07, 6.45) is 1.13. The van der Waals surface area contributed by atoms with E-state index in [0.717, 1.165) is 17.7 Å². The van der Waals surface area contributed by atoms with Gasteiger partial charge in [0, 0.05) is 11.1 Å². The second kappa shape index (κ2) is 5.62. The number of hydrogen-bond donors (Lipinski definition) is 0. The summed E-state index contributed by atoms with van der Waals surface area (Å²) < 4.78 is 63.6. The van der Waals surface area contributed by atoms with Crippen LogP contribution in [0.4, 0.5) is 13.2 Å². The van der Waals surface area contributed by atoms with Gasteiger partial charge in [0.1, 0.15) is 5.75 Å². The summed E-state index contributed by atoms with van der Waals surface area (Å²) in [5.41, 5.74) is -3.46. The van der Waals surface area contributed by atoms with E-state index < -0.39 is 21.4 Å². The fourth-order valence-electron chi connectivity index (χ4n) is 2.58. The third-order valence-electron chi connectivity index (χ3n) is 3.74. The Kier molecular flexibility index (Phi) is 3.87. The lowest BCUT2D eigenvalue weighted by Crippen LogP contribution is -2.28. The highest BCUT2D eigenvalue weighted by atomic mass is 32.2. The number of halogens is 3. The maximum atomic E-state index is 12.6. The maximum Gasteiger partial charge on any atom is 0.534 e. The van der Waals surface area contributed by atoms with Gasteiger partial charge in [-0.1, -0.05) is 30.3 Å². The highest BCUT2D eigenvalue weighted by Gasteiger charge is 2.48. The third kappa shape index (κ3) is 2.89. The van der Waals surface area contributed by atoms with E-state index in [2.05, 4.69) is 4.18 Å². The minimum Gasteiger partial charge on any atom is -0.376 e. The van der Waals surface area contributed by atoms with Crippen molar-refractivity contribution < 1.29 is 30.6 Å². The Balaban J connectivity index is 2.02. The molecule has 0 saturated heterocycles. The zero-order valence-corrected chi connectivity index (χ0v) is 12.9. The van der Waals surface area contributed by atoms with Gasteiger partial charge in [-0.25, -0.2) is 0 Å². The fraction of sp³-hybridized carbons (Fsp3) is 0.188. The summed E-state index contributed by atoms with van der Waals surface area (Å²) in [7, 11) is -5.78. The highest BCUT2D eigenvalue weighted by molar-refractivity contribution is 7.88. The van der Waals surface area contributed by atoms with Gasteiger partial charge in [0.2, 0.25) is 0 Å². The van der Waals surface area contributed by atoms with Crippen molar-refractivity contribution >= 4 is 15.9 Å². The Morgan fingerprint density at radius 1 is 0.917 bits per heavy atom. The zero-order chi connectivity index (χ0) is 17.5. The lowest BCUT2D eigenvalue weighted by molar-refractivity contribution is -0.0500. The molecule has 0 saturated carbocycles. The Morgan fingerprint density at radius 2 is 1.54 bits per heavy atom. The molecule has 3 rings (SSSR count).